The number of hydrogen-bond donors (Lipinski definition) is 2. The van der Waals surface area contributed by atoms with Gasteiger partial charge >= 0.3 is 0 Å². The van der Waals surface area contributed by atoms with Gasteiger partial charge in [0.1, 0.15) is 6.23 Å². The molecule has 2 N–H and O–H groups in total. The molecule has 0 amide bonds. The van der Waals surface area contributed by atoms with Gasteiger partial charge in [0.25, 0.3) is 0 Å². The molecule has 80 valence electrons. The minimum Gasteiger partial charge on any atom is -0.392 e. The normalized spacial score (nSPS) is 16.6. The second-order valence-electron chi connectivity index (χ2n) is 4.25. The average molecular weight is 197 g/mol. The van der Waals surface area contributed by atoms with Crippen LogP contribution in [0.3, 0.4) is 0 Å². The second kappa shape index (κ2) is 4.15. The Labute approximate surface area is 85.0 Å². The third kappa shape index (κ3) is 1.99. The fraction of sp³-hybridized carbons (Fsp3) is 0.636. The van der Waals surface area contributed by atoms with E-state index in [0.717, 1.165) is 0 Å². The molecule has 1 aromatic heterocycles. The van der Waals surface area contributed by atoms with Gasteiger partial charge in [-0.15, -0.1) is 0 Å². The van der Waals surface area contributed by atoms with E-state index in [9.17, 15) is 10.2 Å². The molecule has 0 saturated heterocycles. The predicted octanol–water partition coefficient (Wildman–Crippen LogP) is 1.78. The van der Waals surface area contributed by atoms with Crippen LogP contribution < -0.4 is 0 Å². The standard InChI is InChI=1S/C11H19NO2/c1-4-9(13)11(2,3)10(14)12-7-5-6-8-12/h5-10,13-14H,4H2,1-3H3. The number of aliphatic hydroxyl groups excluding tert-OH is 2. The van der Waals surface area contributed by atoms with Crippen LogP contribution in [-0.2, 0) is 0 Å². The number of aromatic nitrogens is 1. The van der Waals surface area contributed by atoms with E-state index >= 15 is 0 Å². The lowest BCUT2D eigenvalue weighted by molar-refractivity contribution is -0.0865. The quantitative estimate of drug-likeness (QED) is 0.772. The first-order chi connectivity index (χ1) is 6.50. The highest BCUT2D eigenvalue weighted by Crippen LogP contribution is 2.33. The van der Waals surface area contributed by atoms with Crippen molar-refractivity contribution in [3.63, 3.8) is 0 Å². The number of rotatable bonds is 4. The van der Waals surface area contributed by atoms with E-state index in [-0.39, 0.29) is 0 Å². The molecule has 3 nitrogen and oxygen atoms in total. The fourth-order valence-corrected chi connectivity index (χ4v) is 1.59. The third-order valence-corrected chi connectivity index (χ3v) is 2.82. The molecule has 1 aromatic rings. The van der Waals surface area contributed by atoms with Crippen LogP contribution in [0.25, 0.3) is 0 Å². The summed E-state index contributed by atoms with van der Waals surface area (Å²) in [6, 6.07) is 3.72. The summed E-state index contributed by atoms with van der Waals surface area (Å²) in [7, 11) is 0. The molecule has 14 heavy (non-hydrogen) atoms. The molecule has 0 radical (unpaired) electrons. The fourth-order valence-electron chi connectivity index (χ4n) is 1.59. The minimum atomic E-state index is -0.688. The summed E-state index contributed by atoms with van der Waals surface area (Å²) in [5, 5.41) is 19.8. The van der Waals surface area contributed by atoms with Crippen LogP contribution in [0.2, 0.25) is 0 Å². The lowest BCUT2D eigenvalue weighted by atomic mass is 9.83. The molecule has 0 spiro atoms. The third-order valence-electron chi connectivity index (χ3n) is 2.82. The van der Waals surface area contributed by atoms with Crippen molar-refractivity contribution in [1.82, 2.24) is 4.57 Å². The molecule has 1 rings (SSSR count). The molecule has 2 unspecified atom stereocenters. The summed E-state index contributed by atoms with van der Waals surface area (Å²) in [5.41, 5.74) is -0.534. The van der Waals surface area contributed by atoms with Crippen molar-refractivity contribution in [3.05, 3.63) is 24.5 Å². The summed E-state index contributed by atoms with van der Waals surface area (Å²) in [5.74, 6) is 0. The monoisotopic (exact) mass is 197 g/mol. The second-order valence-corrected chi connectivity index (χ2v) is 4.25. The Balaban J connectivity index is 2.82. The van der Waals surface area contributed by atoms with Gasteiger partial charge in [-0.25, -0.2) is 0 Å². The SMILES string of the molecule is CCC(O)C(C)(C)C(O)n1cccc1. The van der Waals surface area contributed by atoms with Gasteiger partial charge in [-0.3, -0.25) is 0 Å². The average Bonchev–Trinajstić information content (AvgIpc) is 2.67. The zero-order chi connectivity index (χ0) is 10.8. The van der Waals surface area contributed by atoms with Crippen molar-refractivity contribution in [1.29, 1.82) is 0 Å². The number of hydrogen-bond acceptors (Lipinski definition) is 2. The van der Waals surface area contributed by atoms with Gasteiger partial charge in [-0.2, -0.15) is 0 Å². The molecular weight excluding hydrogens is 178 g/mol. The largest absolute Gasteiger partial charge is 0.392 e. The van der Waals surface area contributed by atoms with Crippen LogP contribution in [-0.4, -0.2) is 20.9 Å². The van der Waals surface area contributed by atoms with E-state index in [1.807, 2.05) is 32.9 Å². The highest BCUT2D eigenvalue weighted by Gasteiger charge is 2.35. The number of aliphatic hydroxyl groups is 2. The van der Waals surface area contributed by atoms with E-state index in [1.54, 1.807) is 17.0 Å². The number of nitrogens with zero attached hydrogens (tertiary/aromatic N) is 1. The molecular formula is C11H19NO2. The van der Waals surface area contributed by atoms with Crippen molar-refractivity contribution >= 4 is 0 Å². The van der Waals surface area contributed by atoms with Crippen LogP contribution in [0.1, 0.15) is 33.4 Å². The maximum absolute atomic E-state index is 10.0. The highest BCUT2D eigenvalue weighted by atomic mass is 16.3. The van der Waals surface area contributed by atoms with E-state index in [1.165, 1.54) is 0 Å². The summed E-state index contributed by atoms with van der Waals surface area (Å²) in [6.07, 6.45) is 3.06. The predicted molar refractivity (Wildman–Crippen MR) is 55.8 cm³/mol. The first-order valence-corrected chi connectivity index (χ1v) is 4.98. The Morgan fingerprint density at radius 3 is 2.14 bits per heavy atom. The van der Waals surface area contributed by atoms with E-state index < -0.39 is 17.7 Å². The smallest absolute Gasteiger partial charge is 0.137 e. The Bertz CT molecular complexity index is 267. The Kier molecular flexibility index (Phi) is 3.34. The molecule has 3 heteroatoms. The molecule has 0 saturated carbocycles. The van der Waals surface area contributed by atoms with E-state index in [0.29, 0.717) is 6.42 Å². The Hall–Kier alpha value is -0.800. The Morgan fingerprint density at radius 2 is 1.71 bits per heavy atom. The van der Waals surface area contributed by atoms with Gasteiger partial charge in [0.05, 0.1) is 6.10 Å². The highest BCUT2D eigenvalue weighted by molar-refractivity contribution is 4.95. The van der Waals surface area contributed by atoms with Crippen LogP contribution in [0, 0.1) is 5.41 Å². The van der Waals surface area contributed by atoms with Crippen LogP contribution in [0.15, 0.2) is 24.5 Å². The molecule has 0 aliphatic heterocycles. The van der Waals surface area contributed by atoms with Gasteiger partial charge in [0, 0.05) is 17.8 Å². The van der Waals surface area contributed by atoms with Gasteiger partial charge in [0.2, 0.25) is 0 Å². The topological polar surface area (TPSA) is 45.4 Å². The van der Waals surface area contributed by atoms with Gasteiger partial charge < -0.3 is 14.8 Å². The van der Waals surface area contributed by atoms with Crippen LogP contribution in [0.5, 0.6) is 0 Å². The first-order valence-electron chi connectivity index (χ1n) is 4.98. The van der Waals surface area contributed by atoms with E-state index in [2.05, 4.69) is 0 Å². The Morgan fingerprint density at radius 1 is 1.21 bits per heavy atom. The summed E-state index contributed by atoms with van der Waals surface area (Å²) >= 11 is 0. The molecule has 2 atom stereocenters. The van der Waals surface area contributed by atoms with Crippen molar-refractivity contribution in [2.24, 2.45) is 5.41 Å². The molecule has 1 heterocycles. The molecule has 0 aliphatic carbocycles. The van der Waals surface area contributed by atoms with Crippen molar-refractivity contribution in [2.45, 2.75) is 39.5 Å². The van der Waals surface area contributed by atoms with Crippen molar-refractivity contribution < 1.29 is 10.2 Å². The lowest BCUT2D eigenvalue weighted by Gasteiger charge is -2.35. The first kappa shape index (κ1) is 11.3. The minimum absolute atomic E-state index is 0.500. The summed E-state index contributed by atoms with van der Waals surface area (Å²) in [6.45, 7) is 5.65. The lowest BCUT2D eigenvalue weighted by Crippen LogP contribution is -2.37. The maximum Gasteiger partial charge on any atom is 0.137 e. The van der Waals surface area contributed by atoms with Gasteiger partial charge in [0.15, 0.2) is 0 Å². The van der Waals surface area contributed by atoms with Crippen LogP contribution in [0.4, 0.5) is 0 Å². The molecule has 0 aliphatic rings. The zero-order valence-corrected chi connectivity index (χ0v) is 9.01. The van der Waals surface area contributed by atoms with Gasteiger partial charge in [-0.1, -0.05) is 20.8 Å². The molecule has 0 bridgehead atoms. The van der Waals surface area contributed by atoms with E-state index in [4.69, 9.17) is 0 Å². The zero-order valence-electron chi connectivity index (χ0n) is 9.01. The van der Waals surface area contributed by atoms with Crippen molar-refractivity contribution in [3.8, 4) is 0 Å². The maximum atomic E-state index is 10.0. The van der Waals surface area contributed by atoms with Gasteiger partial charge in [-0.05, 0) is 18.6 Å². The summed E-state index contributed by atoms with van der Waals surface area (Å²) in [4.78, 5) is 0. The molecule has 0 aromatic carbocycles. The summed E-state index contributed by atoms with van der Waals surface area (Å²) < 4.78 is 1.71. The van der Waals surface area contributed by atoms with Crippen molar-refractivity contribution in [2.75, 3.05) is 0 Å². The molecule has 0 fully saturated rings. The van der Waals surface area contributed by atoms with Crippen LogP contribution >= 0.6 is 0 Å².